The summed E-state index contributed by atoms with van der Waals surface area (Å²) in [6, 6.07) is 2.88. The Morgan fingerprint density at radius 2 is 2.25 bits per heavy atom. The summed E-state index contributed by atoms with van der Waals surface area (Å²) < 4.78 is 22.1. The van der Waals surface area contributed by atoms with Crippen LogP contribution < -0.4 is 4.90 Å². The van der Waals surface area contributed by atoms with Gasteiger partial charge in [0, 0.05) is 29.6 Å². The molecule has 8 nitrogen and oxygen atoms in total. The molecule has 108 valence electrons. The summed E-state index contributed by atoms with van der Waals surface area (Å²) in [6.07, 6.45) is 1.24. The highest BCUT2D eigenvalue weighted by Gasteiger charge is 2.36. The van der Waals surface area contributed by atoms with Crippen LogP contribution in [0.2, 0.25) is 0 Å². The van der Waals surface area contributed by atoms with Gasteiger partial charge in [-0.1, -0.05) is 0 Å². The molecule has 1 aromatic heterocycles. The molecule has 0 aliphatic carbocycles. The maximum Gasteiger partial charge on any atom is 0.387 e. The van der Waals surface area contributed by atoms with E-state index in [1.807, 2.05) is 0 Å². The first kappa shape index (κ1) is 14.7. The van der Waals surface area contributed by atoms with Crippen LogP contribution in [0.15, 0.2) is 18.3 Å². The van der Waals surface area contributed by atoms with E-state index in [4.69, 9.17) is 10.7 Å². The van der Waals surface area contributed by atoms with E-state index < -0.39 is 25.7 Å². The fourth-order valence-corrected chi connectivity index (χ4v) is 3.47. The topological polar surface area (TPSA) is 110 Å². The zero-order valence-electron chi connectivity index (χ0n) is 10.1. The van der Waals surface area contributed by atoms with Gasteiger partial charge < -0.3 is 15.0 Å². The molecule has 1 atom stereocenters. The third-order valence-electron chi connectivity index (χ3n) is 2.87. The van der Waals surface area contributed by atoms with Gasteiger partial charge in [-0.2, -0.15) is 0 Å². The number of pyridine rings is 1. The Labute approximate surface area is 118 Å². The number of hydrogen-bond donors (Lipinski definition) is 0. The molecule has 0 bridgehead atoms. The lowest BCUT2D eigenvalue weighted by molar-refractivity contribution is -0.388. The van der Waals surface area contributed by atoms with Gasteiger partial charge in [0.05, 0.1) is 5.75 Å². The van der Waals surface area contributed by atoms with Crippen LogP contribution in [0.1, 0.15) is 6.42 Å². The van der Waals surface area contributed by atoms with Gasteiger partial charge in [-0.15, -0.1) is 0 Å². The molecule has 1 aliphatic rings. The van der Waals surface area contributed by atoms with E-state index in [0.29, 0.717) is 0 Å². The van der Waals surface area contributed by atoms with Crippen LogP contribution >= 0.6 is 10.7 Å². The Morgan fingerprint density at radius 1 is 1.55 bits per heavy atom. The fourth-order valence-electron chi connectivity index (χ4n) is 2.15. The van der Waals surface area contributed by atoms with Gasteiger partial charge in [0.25, 0.3) is 0 Å². The van der Waals surface area contributed by atoms with Gasteiger partial charge in [0.2, 0.25) is 15.0 Å². The van der Waals surface area contributed by atoms with E-state index in [-0.39, 0.29) is 30.3 Å². The van der Waals surface area contributed by atoms with Crippen molar-refractivity contribution in [3.8, 4) is 0 Å². The monoisotopic (exact) mass is 319 g/mol. The molecule has 0 spiro atoms. The summed E-state index contributed by atoms with van der Waals surface area (Å²) in [6.45, 7) is 0.0668. The number of nitro groups is 1. The zero-order chi connectivity index (χ0) is 14.9. The van der Waals surface area contributed by atoms with E-state index in [0.717, 1.165) is 0 Å². The predicted molar refractivity (Wildman–Crippen MR) is 71.0 cm³/mol. The lowest BCUT2D eigenvalue weighted by atomic mass is 10.1. The second kappa shape index (κ2) is 5.33. The summed E-state index contributed by atoms with van der Waals surface area (Å²) in [4.78, 5) is 26.9. The highest BCUT2D eigenvalue weighted by Crippen LogP contribution is 2.31. The number of hydrogen-bond acceptors (Lipinski definition) is 6. The number of halogens is 1. The summed E-state index contributed by atoms with van der Waals surface area (Å²) in [7, 11) is 1.44. The van der Waals surface area contributed by atoms with E-state index in [1.54, 1.807) is 0 Å². The second-order valence-electron chi connectivity index (χ2n) is 4.38. The Hall–Kier alpha value is -1.74. The zero-order valence-corrected chi connectivity index (χ0v) is 11.7. The summed E-state index contributed by atoms with van der Waals surface area (Å²) in [5.41, 5.74) is 0.0666. The molecule has 0 radical (unpaired) electrons. The molecule has 1 saturated heterocycles. The predicted octanol–water partition coefficient (Wildman–Crippen LogP) is 0.911. The lowest BCUT2D eigenvalue weighted by Crippen LogP contribution is -2.26. The minimum Gasteiger partial charge on any atom is -0.358 e. The normalized spacial score (nSPS) is 19.4. The van der Waals surface area contributed by atoms with Crippen LogP contribution in [0.5, 0.6) is 0 Å². The molecular weight excluding hydrogens is 310 g/mol. The van der Waals surface area contributed by atoms with Gasteiger partial charge in [0.1, 0.15) is 11.9 Å². The number of nitrogens with zero attached hydrogens (tertiary/aromatic N) is 3. The van der Waals surface area contributed by atoms with Crippen LogP contribution in [0.3, 0.4) is 0 Å². The van der Waals surface area contributed by atoms with Crippen LogP contribution in [0.4, 0.5) is 11.5 Å². The van der Waals surface area contributed by atoms with Crippen molar-refractivity contribution in [2.75, 3.05) is 17.2 Å². The minimum atomic E-state index is -3.72. The average molecular weight is 320 g/mol. The Balaban J connectivity index is 2.27. The van der Waals surface area contributed by atoms with Crippen LogP contribution in [0, 0.1) is 16.0 Å². The maximum absolute atomic E-state index is 11.9. The van der Waals surface area contributed by atoms with Crippen LogP contribution in [-0.2, 0) is 13.8 Å². The van der Waals surface area contributed by atoms with Gasteiger partial charge in [0.15, 0.2) is 0 Å². The van der Waals surface area contributed by atoms with E-state index in [9.17, 15) is 23.3 Å². The van der Waals surface area contributed by atoms with Crippen molar-refractivity contribution in [1.82, 2.24) is 4.98 Å². The summed E-state index contributed by atoms with van der Waals surface area (Å²) >= 11 is 0. The first-order chi connectivity index (χ1) is 9.28. The quantitative estimate of drug-likeness (QED) is 0.463. The number of rotatable bonds is 4. The molecule has 2 heterocycles. The minimum absolute atomic E-state index is 0.0159. The van der Waals surface area contributed by atoms with Crippen molar-refractivity contribution in [3.63, 3.8) is 0 Å². The first-order valence-corrected chi connectivity index (χ1v) is 8.08. The SMILES string of the molecule is O=C1CC(CS(=O)(=O)Cl)CN1c1cccnc1[N+](=O)[O-]. The van der Waals surface area contributed by atoms with Gasteiger partial charge in [-0.25, -0.2) is 8.42 Å². The molecule has 1 fully saturated rings. The number of carbonyl (C=O) groups excluding carboxylic acids is 1. The van der Waals surface area contributed by atoms with Crippen LogP contribution in [-0.4, -0.2) is 36.5 Å². The van der Waals surface area contributed by atoms with Crippen molar-refractivity contribution < 1.29 is 18.1 Å². The Kier molecular flexibility index (Phi) is 3.91. The molecule has 1 aliphatic heterocycles. The standard InChI is InChI=1S/C10H10ClN3O5S/c11-20(18,19)6-7-4-9(15)13(5-7)8-2-1-3-12-10(8)14(16)17/h1-3,7H,4-6H2. The molecule has 0 aromatic carbocycles. The number of amides is 1. The number of anilines is 1. The number of carbonyl (C=O) groups is 1. The summed E-state index contributed by atoms with van der Waals surface area (Å²) in [5, 5.41) is 10.9. The Bertz CT molecular complexity index is 663. The highest BCUT2D eigenvalue weighted by molar-refractivity contribution is 8.13. The van der Waals surface area contributed by atoms with Gasteiger partial charge >= 0.3 is 5.82 Å². The maximum atomic E-state index is 11.9. The van der Waals surface area contributed by atoms with E-state index >= 15 is 0 Å². The smallest absolute Gasteiger partial charge is 0.358 e. The van der Waals surface area contributed by atoms with Gasteiger partial charge in [-0.05, 0) is 22.0 Å². The van der Waals surface area contributed by atoms with Crippen molar-refractivity contribution in [2.24, 2.45) is 5.92 Å². The van der Waals surface area contributed by atoms with E-state index in [1.165, 1.54) is 23.2 Å². The largest absolute Gasteiger partial charge is 0.387 e. The molecule has 20 heavy (non-hydrogen) atoms. The Morgan fingerprint density at radius 3 is 2.85 bits per heavy atom. The molecule has 0 N–H and O–H groups in total. The van der Waals surface area contributed by atoms with Crippen molar-refractivity contribution in [1.29, 1.82) is 0 Å². The van der Waals surface area contributed by atoms with Crippen molar-refractivity contribution in [3.05, 3.63) is 28.4 Å². The first-order valence-electron chi connectivity index (χ1n) is 5.60. The third kappa shape index (κ3) is 3.23. The fraction of sp³-hybridized carbons (Fsp3) is 0.400. The van der Waals surface area contributed by atoms with Crippen molar-refractivity contribution in [2.45, 2.75) is 6.42 Å². The highest BCUT2D eigenvalue weighted by atomic mass is 35.7. The molecular formula is C10H10ClN3O5S. The molecule has 10 heteroatoms. The van der Waals surface area contributed by atoms with Gasteiger partial charge in [-0.3, -0.25) is 4.79 Å². The molecule has 1 amide bonds. The van der Waals surface area contributed by atoms with Crippen molar-refractivity contribution >= 4 is 37.1 Å². The molecule has 2 rings (SSSR count). The second-order valence-corrected chi connectivity index (χ2v) is 7.20. The average Bonchev–Trinajstić information content (AvgIpc) is 2.67. The molecule has 1 aromatic rings. The molecule has 0 saturated carbocycles. The lowest BCUT2D eigenvalue weighted by Gasteiger charge is -2.15. The summed E-state index contributed by atoms with van der Waals surface area (Å²) in [5.74, 6) is -1.64. The number of aromatic nitrogens is 1. The van der Waals surface area contributed by atoms with E-state index in [2.05, 4.69) is 4.98 Å². The van der Waals surface area contributed by atoms with Crippen LogP contribution in [0.25, 0.3) is 0 Å². The third-order valence-corrected chi connectivity index (χ3v) is 4.12. The molecule has 1 unspecified atom stereocenters.